The highest BCUT2D eigenvalue weighted by molar-refractivity contribution is 6.02. The minimum Gasteiger partial charge on any atom is -0.377 e. The van der Waals surface area contributed by atoms with Gasteiger partial charge in [-0.25, -0.2) is 4.39 Å². The van der Waals surface area contributed by atoms with Gasteiger partial charge in [0.15, 0.2) is 11.4 Å². The molecule has 0 amide bonds. The smallest absolute Gasteiger partial charge is 0.199 e. The van der Waals surface area contributed by atoms with E-state index in [-0.39, 0.29) is 12.0 Å². The monoisotopic (exact) mass is 382 g/mol. The molecule has 150 valence electrons. The quantitative estimate of drug-likeness (QED) is 0.545. The van der Waals surface area contributed by atoms with Crippen LogP contribution in [0.2, 0.25) is 0 Å². The van der Waals surface area contributed by atoms with Gasteiger partial charge in [-0.3, -0.25) is 4.79 Å². The van der Waals surface area contributed by atoms with E-state index in [9.17, 15) is 14.3 Å². The topological polar surface area (TPSA) is 37.3 Å². The molecule has 1 aliphatic carbocycles. The second kappa shape index (κ2) is 9.47. The van der Waals surface area contributed by atoms with Gasteiger partial charge in [-0.1, -0.05) is 94.0 Å². The Hall–Kier alpha value is -2.00. The van der Waals surface area contributed by atoms with Crippen molar-refractivity contribution >= 4 is 5.78 Å². The molecule has 3 heteroatoms. The van der Waals surface area contributed by atoms with Gasteiger partial charge >= 0.3 is 0 Å². The van der Waals surface area contributed by atoms with Gasteiger partial charge in [0.05, 0.1) is 0 Å². The molecule has 1 N–H and O–H groups in total. The number of benzene rings is 2. The highest BCUT2D eigenvalue weighted by atomic mass is 19.1. The number of hydrogen-bond donors (Lipinski definition) is 1. The number of hydrogen-bond acceptors (Lipinski definition) is 2. The van der Waals surface area contributed by atoms with Crippen molar-refractivity contribution in [2.75, 3.05) is 0 Å². The molecule has 3 rings (SSSR count). The number of aliphatic hydroxyl groups is 1. The predicted octanol–water partition coefficient (Wildman–Crippen LogP) is 6.28. The highest BCUT2D eigenvalue weighted by Gasteiger charge is 2.40. The normalized spacial score (nSPS) is 21.8. The third kappa shape index (κ3) is 4.70. The highest BCUT2D eigenvalue weighted by Crippen LogP contribution is 2.38. The van der Waals surface area contributed by atoms with Crippen LogP contribution in [0.4, 0.5) is 4.39 Å². The van der Waals surface area contributed by atoms with Gasteiger partial charge in [0.2, 0.25) is 0 Å². The van der Waals surface area contributed by atoms with Crippen molar-refractivity contribution in [2.24, 2.45) is 11.8 Å². The Labute approximate surface area is 167 Å². The van der Waals surface area contributed by atoms with Crippen LogP contribution in [0.15, 0.2) is 54.6 Å². The van der Waals surface area contributed by atoms with Crippen LogP contribution in [0.25, 0.3) is 0 Å². The lowest BCUT2D eigenvalue weighted by Gasteiger charge is -2.32. The molecule has 1 saturated carbocycles. The second-order valence-corrected chi connectivity index (χ2v) is 8.25. The molecule has 0 heterocycles. The molecule has 28 heavy (non-hydrogen) atoms. The van der Waals surface area contributed by atoms with E-state index in [4.69, 9.17) is 0 Å². The molecule has 1 unspecified atom stereocenters. The molecule has 0 bridgehead atoms. The van der Waals surface area contributed by atoms with Crippen LogP contribution in [0, 0.1) is 17.7 Å². The van der Waals surface area contributed by atoms with Crippen LogP contribution in [-0.4, -0.2) is 10.9 Å². The number of halogens is 1. The Morgan fingerprint density at radius 3 is 2.14 bits per heavy atom. The Morgan fingerprint density at radius 2 is 1.54 bits per heavy atom. The third-order valence-electron chi connectivity index (χ3n) is 6.31. The van der Waals surface area contributed by atoms with Crippen molar-refractivity contribution in [3.63, 3.8) is 0 Å². The van der Waals surface area contributed by atoms with Gasteiger partial charge in [-0.05, 0) is 30.7 Å². The average Bonchev–Trinajstić information content (AvgIpc) is 2.73. The van der Waals surface area contributed by atoms with Crippen molar-refractivity contribution in [3.05, 3.63) is 71.5 Å². The fourth-order valence-corrected chi connectivity index (χ4v) is 4.63. The van der Waals surface area contributed by atoms with Crippen molar-refractivity contribution in [2.45, 2.75) is 63.9 Å². The van der Waals surface area contributed by atoms with E-state index < -0.39 is 17.2 Å². The SMILES string of the molecule is CCCC1CCC(CCC(O)(C(=O)c2ccccc2)c2ccccc2F)CC1. The van der Waals surface area contributed by atoms with E-state index in [0.29, 0.717) is 11.5 Å². The number of ketones is 1. The fraction of sp³-hybridized carbons (Fsp3) is 0.480. The first-order valence-corrected chi connectivity index (χ1v) is 10.6. The average molecular weight is 383 g/mol. The predicted molar refractivity (Wildman–Crippen MR) is 111 cm³/mol. The van der Waals surface area contributed by atoms with E-state index in [1.807, 2.05) is 6.07 Å². The van der Waals surface area contributed by atoms with Gasteiger partial charge in [-0.15, -0.1) is 0 Å². The maximum atomic E-state index is 14.6. The van der Waals surface area contributed by atoms with Crippen LogP contribution in [-0.2, 0) is 5.60 Å². The first-order valence-electron chi connectivity index (χ1n) is 10.6. The van der Waals surface area contributed by atoms with E-state index in [2.05, 4.69) is 6.92 Å². The molecule has 2 nitrogen and oxygen atoms in total. The van der Waals surface area contributed by atoms with Gasteiger partial charge in [0.25, 0.3) is 0 Å². The summed E-state index contributed by atoms with van der Waals surface area (Å²) in [4.78, 5) is 13.2. The summed E-state index contributed by atoms with van der Waals surface area (Å²) in [5.74, 6) is 0.367. The lowest BCUT2D eigenvalue weighted by atomic mass is 9.75. The minimum atomic E-state index is -1.83. The molecule has 1 atom stereocenters. The summed E-state index contributed by atoms with van der Waals surface area (Å²) < 4.78 is 14.6. The molecule has 0 aliphatic heterocycles. The summed E-state index contributed by atoms with van der Waals surface area (Å²) in [7, 11) is 0. The van der Waals surface area contributed by atoms with E-state index >= 15 is 0 Å². The van der Waals surface area contributed by atoms with Crippen molar-refractivity contribution in [1.29, 1.82) is 0 Å². The minimum absolute atomic E-state index is 0.0866. The van der Waals surface area contributed by atoms with Crippen molar-refractivity contribution < 1.29 is 14.3 Å². The van der Waals surface area contributed by atoms with E-state index in [1.165, 1.54) is 37.8 Å². The molecule has 0 spiro atoms. The van der Waals surface area contributed by atoms with Gasteiger partial charge in [0.1, 0.15) is 5.82 Å². The van der Waals surface area contributed by atoms with Gasteiger partial charge in [-0.2, -0.15) is 0 Å². The Morgan fingerprint density at radius 1 is 0.964 bits per heavy atom. The lowest BCUT2D eigenvalue weighted by molar-refractivity contribution is 0.0183. The number of carbonyl (C=O) groups excluding carboxylic acids is 1. The zero-order valence-corrected chi connectivity index (χ0v) is 16.7. The molecule has 1 fully saturated rings. The van der Waals surface area contributed by atoms with Crippen molar-refractivity contribution in [1.82, 2.24) is 0 Å². The summed E-state index contributed by atoms with van der Waals surface area (Å²) >= 11 is 0. The molecular formula is C25H31FO2. The van der Waals surface area contributed by atoms with Crippen molar-refractivity contribution in [3.8, 4) is 0 Å². The molecule has 0 radical (unpaired) electrons. The summed E-state index contributed by atoms with van der Waals surface area (Å²) in [6.45, 7) is 2.23. The molecule has 1 aliphatic rings. The standard InChI is InChI=1S/C25H31FO2/c1-2-8-19-13-15-20(16-14-19)17-18-25(28,22-11-6-7-12-23(22)26)24(27)21-9-4-3-5-10-21/h3-7,9-12,19-20,28H,2,8,13-18H2,1H3. The van der Waals surface area contributed by atoms with Crippen LogP contribution in [0.5, 0.6) is 0 Å². The Bertz CT molecular complexity index is 765. The first-order chi connectivity index (χ1) is 13.5. The van der Waals surface area contributed by atoms with E-state index in [1.54, 1.807) is 36.4 Å². The maximum absolute atomic E-state index is 14.6. The van der Waals surface area contributed by atoms with Gasteiger partial charge in [0, 0.05) is 11.1 Å². The van der Waals surface area contributed by atoms with E-state index in [0.717, 1.165) is 25.2 Å². The second-order valence-electron chi connectivity index (χ2n) is 8.25. The lowest BCUT2D eigenvalue weighted by Crippen LogP contribution is -2.37. The zero-order valence-electron chi connectivity index (χ0n) is 16.7. The Balaban J connectivity index is 1.78. The van der Waals surface area contributed by atoms with Crippen LogP contribution in [0.3, 0.4) is 0 Å². The van der Waals surface area contributed by atoms with Crippen LogP contribution >= 0.6 is 0 Å². The largest absolute Gasteiger partial charge is 0.377 e. The molecule has 2 aromatic rings. The molecule has 2 aromatic carbocycles. The number of carbonyl (C=O) groups is 1. The number of rotatable bonds is 8. The number of Topliss-reactive ketones (excluding diaryl/α,β-unsaturated/α-hetero) is 1. The summed E-state index contributed by atoms with van der Waals surface area (Å²) in [5.41, 5.74) is -1.32. The summed E-state index contributed by atoms with van der Waals surface area (Å²) in [6, 6.07) is 14.8. The fourth-order valence-electron chi connectivity index (χ4n) is 4.63. The third-order valence-corrected chi connectivity index (χ3v) is 6.31. The maximum Gasteiger partial charge on any atom is 0.199 e. The van der Waals surface area contributed by atoms with Crippen LogP contribution < -0.4 is 0 Å². The first kappa shape index (κ1) is 20.7. The molecule has 0 aromatic heterocycles. The molecule has 0 saturated heterocycles. The zero-order chi connectivity index (χ0) is 20.0. The summed E-state index contributed by atoms with van der Waals surface area (Å²) in [6.07, 6.45) is 8.24. The Kier molecular flexibility index (Phi) is 7.01. The van der Waals surface area contributed by atoms with Crippen LogP contribution in [0.1, 0.15) is 74.2 Å². The van der Waals surface area contributed by atoms with Gasteiger partial charge < -0.3 is 5.11 Å². The summed E-state index contributed by atoms with van der Waals surface area (Å²) in [5, 5.41) is 11.5. The molecular weight excluding hydrogens is 351 g/mol.